The van der Waals surface area contributed by atoms with Gasteiger partial charge in [0.25, 0.3) is 5.91 Å². The Kier molecular flexibility index (Phi) is 3.84. The molecule has 2 rings (SSSR count). The van der Waals surface area contributed by atoms with Gasteiger partial charge in [0.15, 0.2) is 0 Å². The minimum atomic E-state index is -4.41. The molecule has 1 heterocycles. The molecule has 0 bridgehead atoms. The number of hydrogen-bond acceptors (Lipinski definition) is 3. The Labute approximate surface area is 111 Å². The number of nitrogens with zero attached hydrogens (tertiary/aromatic N) is 1. The van der Waals surface area contributed by atoms with Crippen molar-refractivity contribution in [3.63, 3.8) is 0 Å². The van der Waals surface area contributed by atoms with E-state index >= 15 is 0 Å². The van der Waals surface area contributed by atoms with E-state index in [0.29, 0.717) is 5.01 Å². The first-order chi connectivity index (χ1) is 8.96. The average molecular weight is 286 g/mol. The van der Waals surface area contributed by atoms with Crippen molar-refractivity contribution in [3.8, 4) is 10.6 Å². The molecule has 1 amide bonds. The van der Waals surface area contributed by atoms with Crippen molar-refractivity contribution < 1.29 is 18.0 Å². The molecule has 0 spiro atoms. The lowest BCUT2D eigenvalue weighted by atomic mass is 10.2. The number of nitrogens with one attached hydrogen (secondary N) is 1. The van der Waals surface area contributed by atoms with Crippen molar-refractivity contribution in [2.45, 2.75) is 6.18 Å². The first kappa shape index (κ1) is 13.5. The summed E-state index contributed by atoms with van der Waals surface area (Å²) < 4.78 is 35.9. The third-order valence-electron chi connectivity index (χ3n) is 2.20. The van der Waals surface area contributed by atoms with Crippen molar-refractivity contribution >= 4 is 17.2 Å². The van der Waals surface area contributed by atoms with Crippen molar-refractivity contribution in [1.29, 1.82) is 0 Å². The van der Waals surface area contributed by atoms with E-state index in [1.165, 1.54) is 6.20 Å². The van der Waals surface area contributed by atoms with Gasteiger partial charge in [-0.1, -0.05) is 30.3 Å². The Morgan fingerprint density at radius 3 is 2.58 bits per heavy atom. The van der Waals surface area contributed by atoms with E-state index in [0.717, 1.165) is 16.9 Å². The molecule has 0 fully saturated rings. The summed E-state index contributed by atoms with van der Waals surface area (Å²) in [7, 11) is 0. The SMILES string of the molecule is O=C(NCC(F)(F)F)c1cnc(-c2ccccc2)s1. The average Bonchev–Trinajstić information content (AvgIpc) is 2.86. The second kappa shape index (κ2) is 5.40. The molecule has 7 heteroatoms. The summed E-state index contributed by atoms with van der Waals surface area (Å²) in [4.78, 5) is 15.7. The molecule has 19 heavy (non-hydrogen) atoms. The molecule has 0 unspecified atom stereocenters. The van der Waals surface area contributed by atoms with Gasteiger partial charge in [-0.15, -0.1) is 11.3 Å². The number of amides is 1. The molecule has 0 radical (unpaired) electrons. The van der Waals surface area contributed by atoms with Crippen LogP contribution in [0, 0.1) is 0 Å². The van der Waals surface area contributed by atoms with Crippen molar-refractivity contribution in [1.82, 2.24) is 10.3 Å². The molecular formula is C12H9F3N2OS. The van der Waals surface area contributed by atoms with Gasteiger partial charge in [-0.2, -0.15) is 13.2 Å². The Hall–Kier alpha value is -1.89. The summed E-state index contributed by atoms with van der Waals surface area (Å²) in [5.74, 6) is -0.767. The smallest absolute Gasteiger partial charge is 0.342 e. The van der Waals surface area contributed by atoms with E-state index in [4.69, 9.17) is 0 Å². The van der Waals surface area contributed by atoms with E-state index < -0.39 is 18.6 Å². The number of thiazole rings is 1. The third-order valence-corrected chi connectivity index (χ3v) is 3.24. The molecule has 0 aliphatic rings. The highest BCUT2D eigenvalue weighted by Crippen LogP contribution is 2.24. The molecule has 0 saturated heterocycles. The van der Waals surface area contributed by atoms with Gasteiger partial charge in [0.2, 0.25) is 0 Å². The summed E-state index contributed by atoms with van der Waals surface area (Å²) in [5, 5.41) is 2.41. The standard InChI is InChI=1S/C12H9F3N2OS/c13-12(14,15)7-17-10(18)9-6-16-11(19-9)8-4-2-1-3-5-8/h1-6H,7H2,(H,17,18). The quantitative estimate of drug-likeness (QED) is 0.942. The largest absolute Gasteiger partial charge is 0.405 e. The van der Waals surface area contributed by atoms with Crippen LogP contribution in [-0.2, 0) is 0 Å². The van der Waals surface area contributed by atoms with E-state index in [9.17, 15) is 18.0 Å². The zero-order valence-electron chi connectivity index (χ0n) is 9.57. The van der Waals surface area contributed by atoms with Gasteiger partial charge in [-0.05, 0) is 0 Å². The fraction of sp³-hybridized carbons (Fsp3) is 0.167. The number of carbonyl (C=O) groups excluding carboxylic acids is 1. The molecule has 1 aromatic heterocycles. The molecular weight excluding hydrogens is 277 g/mol. The maximum Gasteiger partial charge on any atom is 0.405 e. The molecule has 0 saturated carbocycles. The lowest BCUT2D eigenvalue weighted by molar-refractivity contribution is -0.123. The number of halogens is 3. The Balaban J connectivity index is 2.07. The van der Waals surface area contributed by atoms with E-state index in [2.05, 4.69) is 4.98 Å². The maximum atomic E-state index is 12.0. The van der Waals surface area contributed by atoms with Gasteiger partial charge in [0.1, 0.15) is 16.4 Å². The summed E-state index contributed by atoms with van der Waals surface area (Å²) in [6.07, 6.45) is -3.14. The van der Waals surface area contributed by atoms with Gasteiger partial charge in [0.05, 0.1) is 6.20 Å². The molecule has 100 valence electrons. The highest BCUT2D eigenvalue weighted by molar-refractivity contribution is 7.16. The minimum Gasteiger partial charge on any atom is -0.342 e. The molecule has 0 aliphatic heterocycles. The summed E-state index contributed by atoms with van der Waals surface area (Å²) in [6.45, 7) is -1.34. The number of alkyl halides is 3. The second-order valence-electron chi connectivity index (χ2n) is 3.69. The highest BCUT2D eigenvalue weighted by Gasteiger charge is 2.28. The van der Waals surface area contributed by atoms with E-state index in [1.807, 2.05) is 35.6 Å². The van der Waals surface area contributed by atoms with Gasteiger partial charge >= 0.3 is 6.18 Å². The maximum absolute atomic E-state index is 12.0. The van der Waals surface area contributed by atoms with Crippen LogP contribution in [0.2, 0.25) is 0 Å². The second-order valence-corrected chi connectivity index (χ2v) is 4.72. The van der Waals surface area contributed by atoms with E-state index in [1.54, 1.807) is 0 Å². The summed E-state index contributed by atoms with van der Waals surface area (Å²) in [5.41, 5.74) is 0.822. The Morgan fingerprint density at radius 2 is 1.95 bits per heavy atom. The van der Waals surface area contributed by atoms with Crippen LogP contribution in [0.4, 0.5) is 13.2 Å². The van der Waals surface area contributed by atoms with Gasteiger partial charge in [0, 0.05) is 5.56 Å². The molecule has 0 atom stereocenters. The monoisotopic (exact) mass is 286 g/mol. The van der Waals surface area contributed by atoms with Crippen LogP contribution in [0.5, 0.6) is 0 Å². The summed E-state index contributed by atoms with van der Waals surface area (Å²) >= 11 is 1.05. The number of benzene rings is 1. The number of carbonyl (C=O) groups is 1. The fourth-order valence-electron chi connectivity index (χ4n) is 1.36. The molecule has 3 nitrogen and oxygen atoms in total. The van der Waals surface area contributed by atoms with Crippen LogP contribution in [-0.4, -0.2) is 23.6 Å². The lowest BCUT2D eigenvalue weighted by Gasteiger charge is -2.06. The van der Waals surface area contributed by atoms with Gasteiger partial charge in [-0.3, -0.25) is 4.79 Å². The third kappa shape index (κ3) is 3.78. The zero-order chi connectivity index (χ0) is 13.9. The van der Waals surface area contributed by atoms with Crippen LogP contribution >= 0.6 is 11.3 Å². The zero-order valence-corrected chi connectivity index (χ0v) is 10.4. The van der Waals surface area contributed by atoms with Crippen LogP contribution < -0.4 is 5.32 Å². The van der Waals surface area contributed by atoms with Crippen molar-refractivity contribution in [3.05, 3.63) is 41.4 Å². The number of rotatable bonds is 3. The normalized spacial score (nSPS) is 11.3. The Bertz CT molecular complexity index is 566. The van der Waals surface area contributed by atoms with Gasteiger partial charge < -0.3 is 5.32 Å². The van der Waals surface area contributed by atoms with Crippen LogP contribution in [0.15, 0.2) is 36.5 Å². The summed E-state index contributed by atoms with van der Waals surface area (Å²) in [6, 6.07) is 9.11. The van der Waals surface area contributed by atoms with E-state index in [-0.39, 0.29) is 4.88 Å². The van der Waals surface area contributed by atoms with Crippen molar-refractivity contribution in [2.24, 2.45) is 0 Å². The first-order valence-corrected chi connectivity index (χ1v) is 6.13. The fourth-order valence-corrected chi connectivity index (χ4v) is 2.20. The number of hydrogen-bond donors (Lipinski definition) is 1. The Morgan fingerprint density at radius 1 is 1.26 bits per heavy atom. The highest BCUT2D eigenvalue weighted by atomic mass is 32.1. The van der Waals surface area contributed by atoms with Crippen LogP contribution in [0.3, 0.4) is 0 Å². The molecule has 0 aliphatic carbocycles. The van der Waals surface area contributed by atoms with Gasteiger partial charge in [-0.25, -0.2) is 4.98 Å². The first-order valence-electron chi connectivity index (χ1n) is 5.32. The topological polar surface area (TPSA) is 42.0 Å². The van der Waals surface area contributed by atoms with Crippen LogP contribution in [0.1, 0.15) is 9.67 Å². The predicted molar refractivity (Wildman–Crippen MR) is 65.9 cm³/mol. The minimum absolute atomic E-state index is 0.156. The van der Waals surface area contributed by atoms with Crippen LogP contribution in [0.25, 0.3) is 10.6 Å². The molecule has 2 aromatic rings. The molecule has 1 N–H and O–H groups in total. The number of aromatic nitrogens is 1. The predicted octanol–water partition coefficient (Wildman–Crippen LogP) is 3.10. The molecule has 1 aromatic carbocycles. The lowest BCUT2D eigenvalue weighted by Crippen LogP contribution is -2.33. The van der Waals surface area contributed by atoms with Crippen molar-refractivity contribution in [2.75, 3.05) is 6.54 Å².